The van der Waals surface area contributed by atoms with Crippen LogP contribution in [-0.2, 0) is 4.79 Å². The van der Waals surface area contributed by atoms with Gasteiger partial charge in [-0.2, -0.15) is 0 Å². The summed E-state index contributed by atoms with van der Waals surface area (Å²) in [6.07, 6.45) is 2.51. The molecule has 0 aliphatic carbocycles. The van der Waals surface area contributed by atoms with Crippen LogP contribution >= 0.6 is 0 Å². The topological polar surface area (TPSA) is 42.0 Å². The van der Waals surface area contributed by atoms with Crippen LogP contribution in [0.1, 0.15) is 38.4 Å². The molecule has 0 fully saturated rings. The lowest BCUT2D eigenvalue weighted by Crippen LogP contribution is -2.29. The SMILES string of the molecule is CCC(C)(C)C(=O)Nc1cccc(C#Cc2ccccn2)c1. The van der Waals surface area contributed by atoms with E-state index in [4.69, 9.17) is 0 Å². The van der Waals surface area contributed by atoms with Gasteiger partial charge in [0.15, 0.2) is 0 Å². The molecule has 0 spiro atoms. The minimum absolute atomic E-state index is 0.0184. The number of hydrogen-bond donors (Lipinski definition) is 1. The van der Waals surface area contributed by atoms with Crippen molar-refractivity contribution in [2.45, 2.75) is 27.2 Å². The van der Waals surface area contributed by atoms with Crippen molar-refractivity contribution in [2.75, 3.05) is 5.32 Å². The molecular weight excluding hydrogens is 272 g/mol. The van der Waals surface area contributed by atoms with Crippen molar-refractivity contribution in [3.8, 4) is 11.8 Å². The lowest BCUT2D eigenvalue weighted by atomic mass is 9.89. The average molecular weight is 292 g/mol. The van der Waals surface area contributed by atoms with E-state index in [1.165, 1.54) is 0 Å². The molecule has 0 aliphatic heterocycles. The second kappa shape index (κ2) is 6.91. The number of anilines is 1. The van der Waals surface area contributed by atoms with E-state index in [-0.39, 0.29) is 11.3 Å². The van der Waals surface area contributed by atoms with Crippen LogP contribution in [0, 0.1) is 17.3 Å². The largest absolute Gasteiger partial charge is 0.326 e. The summed E-state index contributed by atoms with van der Waals surface area (Å²) < 4.78 is 0. The average Bonchev–Trinajstić information content (AvgIpc) is 2.54. The van der Waals surface area contributed by atoms with Gasteiger partial charge in [0.05, 0.1) is 0 Å². The maximum Gasteiger partial charge on any atom is 0.230 e. The van der Waals surface area contributed by atoms with Gasteiger partial charge in [0, 0.05) is 22.9 Å². The Morgan fingerprint density at radius 2 is 2.00 bits per heavy atom. The zero-order chi connectivity index (χ0) is 16.0. The van der Waals surface area contributed by atoms with Crippen LogP contribution in [0.4, 0.5) is 5.69 Å². The Kier molecular flexibility index (Phi) is 4.95. The zero-order valence-electron chi connectivity index (χ0n) is 13.2. The maximum absolute atomic E-state index is 12.2. The van der Waals surface area contributed by atoms with Gasteiger partial charge in [0.1, 0.15) is 5.69 Å². The molecule has 1 amide bonds. The van der Waals surface area contributed by atoms with Gasteiger partial charge < -0.3 is 5.32 Å². The second-order valence-electron chi connectivity index (χ2n) is 5.74. The monoisotopic (exact) mass is 292 g/mol. The third kappa shape index (κ3) is 4.20. The number of carbonyl (C=O) groups is 1. The normalized spacial score (nSPS) is 10.5. The molecule has 2 rings (SSSR count). The van der Waals surface area contributed by atoms with Gasteiger partial charge in [-0.15, -0.1) is 0 Å². The highest BCUT2D eigenvalue weighted by Crippen LogP contribution is 2.22. The van der Waals surface area contributed by atoms with Gasteiger partial charge in [-0.25, -0.2) is 4.98 Å². The van der Waals surface area contributed by atoms with Crippen molar-refractivity contribution in [2.24, 2.45) is 5.41 Å². The lowest BCUT2D eigenvalue weighted by molar-refractivity contribution is -0.124. The molecule has 0 saturated carbocycles. The van der Waals surface area contributed by atoms with E-state index >= 15 is 0 Å². The van der Waals surface area contributed by atoms with Crippen molar-refractivity contribution >= 4 is 11.6 Å². The summed E-state index contributed by atoms with van der Waals surface area (Å²) in [4.78, 5) is 16.4. The van der Waals surface area contributed by atoms with Gasteiger partial charge in [-0.3, -0.25) is 4.79 Å². The number of hydrogen-bond acceptors (Lipinski definition) is 2. The molecule has 112 valence electrons. The molecule has 0 aliphatic rings. The lowest BCUT2D eigenvalue weighted by Gasteiger charge is -2.21. The highest BCUT2D eigenvalue weighted by molar-refractivity contribution is 5.94. The third-order valence-corrected chi connectivity index (χ3v) is 3.62. The van der Waals surface area contributed by atoms with Gasteiger partial charge in [-0.1, -0.05) is 38.8 Å². The molecular formula is C19H20N2O. The molecule has 0 saturated heterocycles. The van der Waals surface area contributed by atoms with Crippen LogP contribution in [0.3, 0.4) is 0 Å². The summed E-state index contributed by atoms with van der Waals surface area (Å²) in [6.45, 7) is 5.88. The van der Waals surface area contributed by atoms with Crippen LogP contribution in [0.2, 0.25) is 0 Å². The van der Waals surface area contributed by atoms with E-state index in [9.17, 15) is 4.79 Å². The molecule has 3 heteroatoms. The first-order chi connectivity index (χ1) is 10.5. The number of nitrogens with zero attached hydrogens (tertiary/aromatic N) is 1. The number of carbonyl (C=O) groups excluding carboxylic acids is 1. The number of amides is 1. The zero-order valence-corrected chi connectivity index (χ0v) is 13.2. The number of benzene rings is 1. The third-order valence-electron chi connectivity index (χ3n) is 3.62. The first kappa shape index (κ1) is 15.8. The molecule has 0 bridgehead atoms. The van der Waals surface area contributed by atoms with E-state index in [2.05, 4.69) is 22.1 Å². The highest BCUT2D eigenvalue weighted by atomic mass is 16.2. The van der Waals surface area contributed by atoms with Crippen LogP contribution in [-0.4, -0.2) is 10.9 Å². The molecule has 1 heterocycles. The van der Waals surface area contributed by atoms with Gasteiger partial charge in [0.25, 0.3) is 0 Å². The van der Waals surface area contributed by atoms with Gasteiger partial charge in [0.2, 0.25) is 5.91 Å². The first-order valence-corrected chi connectivity index (χ1v) is 7.36. The number of rotatable bonds is 3. The smallest absolute Gasteiger partial charge is 0.230 e. The number of nitrogens with one attached hydrogen (secondary N) is 1. The predicted octanol–water partition coefficient (Wildman–Crippen LogP) is 3.86. The molecule has 2 aromatic rings. The number of pyridine rings is 1. The molecule has 1 aromatic carbocycles. The molecule has 22 heavy (non-hydrogen) atoms. The Balaban J connectivity index is 2.14. The van der Waals surface area contributed by atoms with Crippen molar-refractivity contribution in [3.63, 3.8) is 0 Å². The van der Waals surface area contributed by atoms with E-state index in [0.717, 1.165) is 23.4 Å². The van der Waals surface area contributed by atoms with Crippen LogP contribution in [0.5, 0.6) is 0 Å². The molecule has 0 radical (unpaired) electrons. The van der Waals surface area contributed by atoms with E-state index in [1.54, 1.807) is 6.20 Å². The van der Waals surface area contributed by atoms with Gasteiger partial charge >= 0.3 is 0 Å². The van der Waals surface area contributed by atoms with Crippen LogP contribution in [0.15, 0.2) is 48.7 Å². The highest BCUT2D eigenvalue weighted by Gasteiger charge is 2.25. The Bertz CT molecular complexity index is 709. The summed E-state index contributed by atoms with van der Waals surface area (Å²) in [6, 6.07) is 13.2. The molecule has 3 nitrogen and oxygen atoms in total. The molecule has 0 atom stereocenters. The predicted molar refractivity (Wildman–Crippen MR) is 89.4 cm³/mol. The van der Waals surface area contributed by atoms with Crippen molar-refractivity contribution < 1.29 is 4.79 Å². The van der Waals surface area contributed by atoms with Crippen molar-refractivity contribution in [1.82, 2.24) is 4.98 Å². The van der Waals surface area contributed by atoms with Crippen LogP contribution < -0.4 is 5.32 Å². The van der Waals surface area contributed by atoms with E-state index in [0.29, 0.717) is 0 Å². The Morgan fingerprint density at radius 1 is 1.18 bits per heavy atom. The van der Waals surface area contributed by atoms with Crippen LogP contribution in [0.25, 0.3) is 0 Å². The molecule has 1 aromatic heterocycles. The number of aromatic nitrogens is 1. The summed E-state index contributed by atoms with van der Waals surface area (Å²) in [7, 11) is 0. The fraction of sp³-hybridized carbons (Fsp3) is 0.263. The molecule has 0 unspecified atom stereocenters. The van der Waals surface area contributed by atoms with E-state index < -0.39 is 0 Å². The maximum atomic E-state index is 12.2. The Morgan fingerprint density at radius 3 is 2.68 bits per heavy atom. The fourth-order valence-electron chi connectivity index (χ4n) is 1.71. The Hall–Kier alpha value is -2.60. The minimum atomic E-state index is -0.379. The standard InChI is InChI=1S/C19H20N2O/c1-4-19(2,3)18(22)21-17-10-7-8-15(14-17)11-12-16-9-5-6-13-20-16/h5-10,13-14H,4H2,1-3H3,(H,21,22). The summed E-state index contributed by atoms with van der Waals surface area (Å²) in [5.74, 6) is 6.09. The first-order valence-electron chi connectivity index (χ1n) is 7.36. The molecule has 1 N–H and O–H groups in total. The minimum Gasteiger partial charge on any atom is -0.326 e. The second-order valence-corrected chi connectivity index (χ2v) is 5.74. The summed E-state index contributed by atoms with van der Waals surface area (Å²) in [5.41, 5.74) is 1.96. The van der Waals surface area contributed by atoms with E-state index in [1.807, 2.05) is 63.2 Å². The van der Waals surface area contributed by atoms with Gasteiger partial charge in [-0.05, 0) is 42.7 Å². The Labute approximate surface area is 131 Å². The summed E-state index contributed by atoms with van der Waals surface area (Å²) >= 11 is 0. The fourth-order valence-corrected chi connectivity index (χ4v) is 1.71. The quantitative estimate of drug-likeness (QED) is 0.873. The van der Waals surface area contributed by atoms with Crippen molar-refractivity contribution in [1.29, 1.82) is 0 Å². The van der Waals surface area contributed by atoms with Crippen molar-refractivity contribution in [3.05, 3.63) is 59.9 Å². The summed E-state index contributed by atoms with van der Waals surface area (Å²) in [5, 5.41) is 2.95.